The van der Waals surface area contributed by atoms with Crippen LogP contribution in [0.4, 0.5) is 13.2 Å². The van der Waals surface area contributed by atoms with Crippen molar-refractivity contribution in [1.29, 1.82) is 0 Å². The van der Waals surface area contributed by atoms with Gasteiger partial charge in [-0.15, -0.1) is 12.4 Å². The lowest BCUT2D eigenvalue weighted by Gasteiger charge is -2.30. The summed E-state index contributed by atoms with van der Waals surface area (Å²) in [7, 11) is 0. The van der Waals surface area contributed by atoms with E-state index in [1.165, 1.54) is 6.07 Å². The van der Waals surface area contributed by atoms with E-state index in [0.717, 1.165) is 31.6 Å². The fourth-order valence-corrected chi connectivity index (χ4v) is 3.61. The monoisotopic (exact) mass is 406 g/mol. The van der Waals surface area contributed by atoms with E-state index < -0.39 is 17.2 Å². The van der Waals surface area contributed by atoms with E-state index in [4.69, 9.17) is 0 Å². The van der Waals surface area contributed by atoms with E-state index in [1.54, 1.807) is 6.07 Å². The fraction of sp³-hybridized carbons (Fsp3) is 0.611. The first-order chi connectivity index (χ1) is 12.2. The van der Waals surface area contributed by atoms with Crippen molar-refractivity contribution >= 4 is 18.3 Å². The molecule has 1 aromatic rings. The number of hydrogen-bond donors (Lipinski definition) is 4. The highest BCUT2D eigenvalue weighted by Gasteiger charge is 2.41. The standard InChI is InChI=1S/C18H25F3N4O.ClH/c1-17(2,11-4-3-5-12(8-11)18(19,20)21)10-23-16(26)15-13-9-22-7-6-14(13)24-25-15;/h3-5,8,13-15,22,24-25H,6-7,9-10H2,1-2H3,(H,23,26);1H. The van der Waals surface area contributed by atoms with E-state index in [1.807, 2.05) is 13.8 Å². The minimum Gasteiger partial charge on any atom is -0.354 e. The van der Waals surface area contributed by atoms with E-state index in [9.17, 15) is 18.0 Å². The maximum atomic E-state index is 12.9. The molecule has 3 atom stereocenters. The average molecular weight is 407 g/mol. The summed E-state index contributed by atoms with van der Waals surface area (Å²) in [5.74, 6) is 0.0363. The van der Waals surface area contributed by atoms with Crippen LogP contribution < -0.4 is 21.5 Å². The summed E-state index contributed by atoms with van der Waals surface area (Å²) < 4.78 is 38.8. The smallest absolute Gasteiger partial charge is 0.354 e. The lowest BCUT2D eigenvalue weighted by Crippen LogP contribution is -2.51. The van der Waals surface area contributed by atoms with Crippen LogP contribution in [-0.2, 0) is 16.4 Å². The maximum absolute atomic E-state index is 12.9. The predicted octanol–water partition coefficient (Wildman–Crippen LogP) is 1.98. The van der Waals surface area contributed by atoms with Crippen molar-refractivity contribution in [3.8, 4) is 0 Å². The number of carbonyl (C=O) groups excluding carboxylic acids is 1. The van der Waals surface area contributed by atoms with Gasteiger partial charge in [0.2, 0.25) is 5.91 Å². The SMILES string of the molecule is CC(C)(CNC(=O)C1NNC2CCNCC21)c1cccc(C(F)(F)F)c1.Cl. The molecule has 1 aromatic carbocycles. The van der Waals surface area contributed by atoms with Crippen molar-refractivity contribution in [3.63, 3.8) is 0 Å². The number of hydrazine groups is 1. The molecule has 0 aromatic heterocycles. The number of hydrogen-bond acceptors (Lipinski definition) is 4. The number of alkyl halides is 3. The van der Waals surface area contributed by atoms with Crippen molar-refractivity contribution in [2.75, 3.05) is 19.6 Å². The Hall–Kier alpha value is -1.35. The summed E-state index contributed by atoms with van der Waals surface area (Å²) >= 11 is 0. The Morgan fingerprint density at radius 1 is 1.22 bits per heavy atom. The Balaban J connectivity index is 0.00000261. The first-order valence-electron chi connectivity index (χ1n) is 8.86. The van der Waals surface area contributed by atoms with Gasteiger partial charge < -0.3 is 10.6 Å². The lowest BCUT2D eigenvalue weighted by molar-refractivity contribution is -0.137. The minimum atomic E-state index is -4.38. The Kier molecular flexibility index (Phi) is 6.78. The van der Waals surface area contributed by atoms with Crippen LogP contribution in [0.25, 0.3) is 0 Å². The molecule has 1 amide bonds. The quantitative estimate of drug-likeness (QED) is 0.617. The van der Waals surface area contributed by atoms with Gasteiger partial charge in [0.1, 0.15) is 6.04 Å². The topological polar surface area (TPSA) is 65.2 Å². The van der Waals surface area contributed by atoms with Crippen LogP contribution in [0.15, 0.2) is 24.3 Å². The van der Waals surface area contributed by atoms with Crippen molar-refractivity contribution in [3.05, 3.63) is 35.4 Å². The Morgan fingerprint density at radius 3 is 2.63 bits per heavy atom. The fourth-order valence-electron chi connectivity index (χ4n) is 3.61. The van der Waals surface area contributed by atoms with Crippen LogP contribution in [0.2, 0.25) is 0 Å². The molecule has 0 radical (unpaired) electrons. The van der Waals surface area contributed by atoms with Gasteiger partial charge >= 0.3 is 6.18 Å². The van der Waals surface area contributed by atoms with Crippen molar-refractivity contribution in [2.45, 2.75) is 43.9 Å². The van der Waals surface area contributed by atoms with E-state index in [0.29, 0.717) is 5.56 Å². The molecule has 2 saturated heterocycles. The normalized spacial score (nSPS) is 25.4. The summed E-state index contributed by atoms with van der Waals surface area (Å²) in [4.78, 5) is 12.6. The molecule has 2 aliphatic rings. The Morgan fingerprint density at radius 2 is 1.93 bits per heavy atom. The van der Waals surface area contributed by atoms with Crippen LogP contribution >= 0.6 is 12.4 Å². The predicted molar refractivity (Wildman–Crippen MR) is 99.6 cm³/mol. The van der Waals surface area contributed by atoms with Gasteiger partial charge in [-0.1, -0.05) is 32.0 Å². The third-order valence-electron chi connectivity index (χ3n) is 5.34. The van der Waals surface area contributed by atoms with Crippen LogP contribution in [0.3, 0.4) is 0 Å². The zero-order valence-corrected chi connectivity index (χ0v) is 16.1. The van der Waals surface area contributed by atoms with Gasteiger partial charge in [0.15, 0.2) is 0 Å². The van der Waals surface area contributed by atoms with Crippen LogP contribution in [-0.4, -0.2) is 37.6 Å². The summed E-state index contributed by atoms with van der Waals surface area (Å²) in [6.45, 7) is 5.60. The number of rotatable bonds is 4. The second-order valence-electron chi connectivity index (χ2n) is 7.71. The summed E-state index contributed by atoms with van der Waals surface area (Å²) in [6.07, 6.45) is -3.42. The molecule has 0 spiro atoms. The van der Waals surface area contributed by atoms with Gasteiger partial charge in [-0.3, -0.25) is 10.2 Å². The summed E-state index contributed by atoms with van der Waals surface area (Å²) in [6, 6.07) is 5.21. The van der Waals surface area contributed by atoms with Gasteiger partial charge in [-0.05, 0) is 24.6 Å². The molecule has 27 heavy (non-hydrogen) atoms. The molecule has 3 unspecified atom stereocenters. The zero-order chi connectivity index (χ0) is 18.9. The first-order valence-corrected chi connectivity index (χ1v) is 8.86. The van der Waals surface area contributed by atoms with Crippen LogP contribution in [0.5, 0.6) is 0 Å². The Bertz CT molecular complexity index is 668. The van der Waals surface area contributed by atoms with E-state index in [-0.39, 0.29) is 42.9 Å². The molecule has 0 bridgehead atoms. The highest BCUT2D eigenvalue weighted by Crippen LogP contribution is 2.32. The molecule has 2 heterocycles. The van der Waals surface area contributed by atoms with Gasteiger partial charge in [0, 0.05) is 30.5 Å². The molecule has 9 heteroatoms. The highest BCUT2D eigenvalue weighted by atomic mass is 35.5. The van der Waals surface area contributed by atoms with Gasteiger partial charge in [-0.2, -0.15) is 13.2 Å². The zero-order valence-electron chi connectivity index (χ0n) is 15.3. The molecule has 2 fully saturated rings. The van der Waals surface area contributed by atoms with Gasteiger partial charge in [0.25, 0.3) is 0 Å². The Labute approximate surface area is 163 Å². The van der Waals surface area contributed by atoms with E-state index >= 15 is 0 Å². The largest absolute Gasteiger partial charge is 0.416 e. The number of halogens is 4. The second kappa shape index (κ2) is 8.34. The number of piperidine rings is 1. The van der Waals surface area contributed by atoms with Crippen molar-refractivity contribution in [1.82, 2.24) is 21.5 Å². The third kappa shape index (κ3) is 4.93. The van der Waals surface area contributed by atoms with Crippen molar-refractivity contribution < 1.29 is 18.0 Å². The molecular weight excluding hydrogens is 381 g/mol. The number of amides is 1. The van der Waals surface area contributed by atoms with Crippen LogP contribution in [0, 0.1) is 5.92 Å². The molecule has 152 valence electrons. The maximum Gasteiger partial charge on any atom is 0.416 e. The molecule has 4 N–H and O–H groups in total. The summed E-state index contributed by atoms with van der Waals surface area (Å²) in [5.41, 5.74) is 5.47. The molecule has 0 aliphatic carbocycles. The second-order valence-corrected chi connectivity index (χ2v) is 7.71. The highest BCUT2D eigenvalue weighted by molar-refractivity contribution is 5.85. The third-order valence-corrected chi connectivity index (χ3v) is 5.34. The molecule has 3 rings (SSSR count). The number of benzene rings is 1. The molecular formula is C18H26ClF3N4O. The molecule has 0 saturated carbocycles. The lowest BCUT2D eigenvalue weighted by atomic mass is 9.83. The minimum absolute atomic E-state index is 0. The number of nitrogens with one attached hydrogen (secondary N) is 4. The van der Waals surface area contributed by atoms with E-state index in [2.05, 4.69) is 21.5 Å². The first kappa shape index (κ1) is 21.9. The van der Waals surface area contributed by atoms with Crippen LogP contribution in [0.1, 0.15) is 31.4 Å². The van der Waals surface area contributed by atoms with Gasteiger partial charge in [0.05, 0.1) is 5.56 Å². The van der Waals surface area contributed by atoms with Crippen molar-refractivity contribution in [2.24, 2.45) is 5.92 Å². The number of carbonyl (C=O) groups is 1. The molecule has 2 aliphatic heterocycles. The average Bonchev–Trinajstić information content (AvgIpc) is 3.03. The summed E-state index contributed by atoms with van der Waals surface area (Å²) in [5, 5.41) is 6.20. The molecule has 5 nitrogen and oxygen atoms in total. The number of fused-ring (bicyclic) bond motifs is 1. The van der Waals surface area contributed by atoms with Gasteiger partial charge in [-0.25, -0.2) is 5.43 Å².